The van der Waals surface area contributed by atoms with Gasteiger partial charge in [0.25, 0.3) is 5.91 Å². The molecule has 0 saturated carbocycles. The van der Waals surface area contributed by atoms with Crippen LogP contribution in [0.2, 0.25) is 0 Å². The lowest BCUT2D eigenvalue weighted by Gasteiger charge is -2.23. The smallest absolute Gasteiger partial charge is 0.255 e. The van der Waals surface area contributed by atoms with E-state index in [0.29, 0.717) is 5.88 Å². The second kappa shape index (κ2) is 6.91. The average molecular weight is 325 g/mol. The Labute approximate surface area is 142 Å². The van der Waals surface area contributed by atoms with Gasteiger partial charge in [0.05, 0.1) is 12.1 Å². The fraction of sp³-hybridized carbons (Fsp3) is 0.368. The van der Waals surface area contributed by atoms with Crippen LogP contribution in [0, 0.1) is 6.92 Å². The molecule has 1 atom stereocenters. The summed E-state index contributed by atoms with van der Waals surface area (Å²) in [6, 6.07) is 11.7. The number of carbonyl (C=O) groups excluding carboxylic acids is 1. The third kappa shape index (κ3) is 3.50. The van der Waals surface area contributed by atoms with Crippen molar-refractivity contribution in [2.75, 3.05) is 32.1 Å². The van der Waals surface area contributed by atoms with Crippen molar-refractivity contribution in [2.45, 2.75) is 19.4 Å². The van der Waals surface area contributed by atoms with Gasteiger partial charge in [-0.05, 0) is 24.6 Å². The van der Waals surface area contributed by atoms with Gasteiger partial charge in [-0.3, -0.25) is 4.79 Å². The summed E-state index contributed by atoms with van der Waals surface area (Å²) in [5.41, 5.74) is 2.82. The van der Waals surface area contributed by atoms with Gasteiger partial charge in [0, 0.05) is 45.0 Å². The van der Waals surface area contributed by atoms with Crippen molar-refractivity contribution in [1.82, 2.24) is 9.88 Å². The molecule has 1 saturated heterocycles. The number of rotatable bonds is 4. The molecule has 126 valence electrons. The van der Waals surface area contributed by atoms with Crippen molar-refractivity contribution in [1.29, 1.82) is 0 Å². The van der Waals surface area contributed by atoms with E-state index in [4.69, 9.17) is 4.74 Å². The van der Waals surface area contributed by atoms with E-state index in [1.807, 2.05) is 49.5 Å². The zero-order valence-electron chi connectivity index (χ0n) is 14.4. The Hall–Kier alpha value is -2.56. The monoisotopic (exact) mass is 325 g/mol. The molecule has 1 aromatic heterocycles. The van der Waals surface area contributed by atoms with E-state index in [0.717, 1.165) is 36.3 Å². The lowest BCUT2D eigenvalue weighted by molar-refractivity contribution is 0.0828. The van der Waals surface area contributed by atoms with Crippen molar-refractivity contribution < 1.29 is 9.53 Å². The summed E-state index contributed by atoms with van der Waals surface area (Å²) in [5.74, 6) is 0.681. The molecular formula is C19H23N3O2. The summed E-state index contributed by atoms with van der Waals surface area (Å²) in [6.07, 6.45) is 2.82. The number of anilines is 1. The molecule has 2 heterocycles. The Morgan fingerprint density at radius 2 is 2.04 bits per heavy atom. The number of amides is 1. The topological polar surface area (TPSA) is 45.7 Å². The van der Waals surface area contributed by atoms with Crippen LogP contribution in [0.15, 0.2) is 42.6 Å². The zero-order valence-corrected chi connectivity index (χ0v) is 14.4. The number of para-hydroxylation sites is 1. The molecule has 3 rings (SSSR count). The Bertz CT molecular complexity index is 713. The summed E-state index contributed by atoms with van der Waals surface area (Å²) in [4.78, 5) is 20.5. The first-order valence-electron chi connectivity index (χ1n) is 8.19. The van der Waals surface area contributed by atoms with Crippen LogP contribution in [-0.2, 0) is 0 Å². The van der Waals surface area contributed by atoms with Crippen LogP contribution in [0.4, 0.5) is 5.69 Å². The van der Waals surface area contributed by atoms with Gasteiger partial charge < -0.3 is 14.5 Å². The molecule has 1 fully saturated rings. The number of carbonyl (C=O) groups is 1. The number of hydrogen-bond donors (Lipinski definition) is 0. The highest BCUT2D eigenvalue weighted by Crippen LogP contribution is 2.27. The summed E-state index contributed by atoms with van der Waals surface area (Å²) < 4.78 is 5.98. The Morgan fingerprint density at radius 1 is 1.25 bits per heavy atom. The summed E-state index contributed by atoms with van der Waals surface area (Å²) in [6.45, 7) is 3.63. The molecule has 0 unspecified atom stereocenters. The van der Waals surface area contributed by atoms with Crippen molar-refractivity contribution in [3.63, 3.8) is 0 Å². The standard InChI is InChI=1S/C19H23N3O2/c1-14-8-9-18(20-12-14)24-15-10-11-22(13-15)17-7-5-4-6-16(17)19(23)21(2)3/h4-9,12,15H,10-11,13H2,1-3H3/t15-/m1/s1. The van der Waals surface area contributed by atoms with Crippen LogP contribution >= 0.6 is 0 Å². The van der Waals surface area contributed by atoms with Crippen molar-refractivity contribution in [2.24, 2.45) is 0 Å². The largest absolute Gasteiger partial charge is 0.472 e. The molecule has 1 aromatic carbocycles. The third-order valence-corrected chi connectivity index (χ3v) is 4.20. The highest BCUT2D eigenvalue weighted by Gasteiger charge is 2.27. The molecule has 1 amide bonds. The molecule has 1 aliphatic rings. The zero-order chi connectivity index (χ0) is 17.1. The van der Waals surface area contributed by atoms with Gasteiger partial charge in [-0.2, -0.15) is 0 Å². The molecule has 0 N–H and O–H groups in total. The molecule has 24 heavy (non-hydrogen) atoms. The summed E-state index contributed by atoms with van der Waals surface area (Å²) in [5, 5.41) is 0. The van der Waals surface area contributed by atoms with E-state index in [1.165, 1.54) is 0 Å². The highest BCUT2D eigenvalue weighted by molar-refractivity contribution is 5.99. The number of benzene rings is 1. The first kappa shape index (κ1) is 16.3. The van der Waals surface area contributed by atoms with Crippen LogP contribution in [0.1, 0.15) is 22.3 Å². The van der Waals surface area contributed by atoms with Crippen LogP contribution in [0.5, 0.6) is 5.88 Å². The van der Waals surface area contributed by atoms with Crippen LogP contribution in [-0.4, -0.2) is 49.1 Å². The molecule has 0 bridgehead atoms. The second-order valence-corrected chi connectivity index (χ2v) is 6.37. The molecule has 2 aromatic rings. The number of pyridine rings is 1. The van der Waals surface area contributed by atoms with E-state index in [1.54, 1.807) is 19.0 Å². The fourth-order valence-corrected chi connectivity index (χ4v) is 2.91. The van der Waals surface area contributed by atoms with Gasteiger partial charge in [0.15, 0.2) is 0 Å². The first-order chi connectivity index (χ1) is 11.5. The lowest BCUT2D eigenvalue weighted by Crippen LogP contribution is -2.28. The van der Waals surface area contributed by atoms with E-state index in [-0.39, 0.29) is 12.0 Å². The molecule has 5 heteroatoms. The number of nitrogens with zero attached hydrogens (tertiary/aromatic N) is 3. The summed E-state index contributed by atoms with van der Waals surface area (Å²) >= 11 is 0. The third-order valence-electron chi connectivity index (χ3n) is 4.20. The molecule has 0 radical (unpaired) electrons. The van der Waals surface area contributed by atoms with Crippen LogP contribution in [0.25, 0.3) is 0 Å². The Morgan fingerprint density at radius 3 is 2.75 bits per heavy atom. The van der Waals surface area contributed by atoms with Gasteiger partial charge in [-0.1, -0.05) is 18.2 Å². The lowest BCUT2D eigenvalue weighted by atomic mass is 10.1. The number of aryl methyl sites for hydroxylation is 1. The van der Waals surface area contributed by atoms with Gasteiger partial charge in [0.1, 0.15) is 6.10 Å². The van der Waals surface area contributed by atoms with Gasteiger partial charge in [0.2, 0.25) is 5.88 Å². The minimum absolute atomic E-state index is 0.0233. The maximum Gasteiger partial charge on any atom is 0.255 e. The van der Waals surface area contributed by atoms with Gasteiger partial charge in [-0.25, -0.2) is 4.98 Å². The minimum Gasteiger partial charge on any atom is -0.472 e. The second-order valence-electron chi connectivity index (χ2n) is 6.37. The summed E-state index contributed by atoms with van der Waals surface area (Å²) in [7, 11) is 3.55. The van der Waals surface area contributed by atoms with Crippen molar-refractivity contribution in [3.05, 3.63) is 53.7 Å². The highest BCUT2D eigenvalue weighted by atomic mass is 16.5. The van der Waals surface area contributed by atoms with Crippen molar-refractivity contribution >= 4 is 11.6 Å². The number of hydrogen-bond acceptors (Lipinski definition) is 4. The quantitative estimate of drug-likeness (QED) is 0.867. The van der Waals surface area contributed by atoms with Crippen LogP contribution < -0.4 is 9.64 Å². The molecule has 0 aliphatic carbocycles. The molecule has 0 spiro atoms. The van der Waals surface area contributed by atoms with Gasteiger partial charge >= 0.3 is 0 Å². The normalized spacial score (nSPS) is 17.0. The number of ether oxygens (including phenoxy) is 1. The number of aromatic nitrogens is 1. The maximum atomic E-state index is 12.4. The minimum atomic E-state index is 0.0233. The predicted molar refractivity (Wildman–Crippen MR) is 94.7 cm³/mol. The van der Waals surface area contributed by atoms with Crippen LogP contribution in [0.3, 0.4) is 0 Å². The van der Waals surface area contributed by atoms with Crippen molar-refractivity contribution in [3.8, 4) is 5.88 Å². The van der Waals surface area contributed by atoms with E-state index < -0.39 is 0 Å². The molecule has 1 aliphatic heterocycles. The van der Waals surface area contributed by atoms with E-state index >= 15 is 0 Å². The Balaban J connectivity index is 1.72. The predicted octanol–water partition coefficient (Wildman–Crippen LogP) is 2.75. The SMILES string of the molecule is Cc1ccc(O[C@@H]2CCN(c3ccccc3C(=O)N(C)C)C2)nc1. The van der Waals surface area contributed by atoms with Gasteiger partial charge in [-0.15, -0.1) is 0 Å². The average Bonchev–Trinajstić information content (AvgIpc) is 3.04. The molecule has 5 nitrogen and oxygen atoms in total. The first-order valence-corrected chi connectivity index (χ1v) is 8.19. The maximum absolute atomic E-state index is 12.4. The molecular weight excluding hydrogens is 302 g/mol. The fourth-order valence-electron chi connectivity index (χ4n) is 2.91. The van der Waals surface area contributed by atoms with E-state index in [2.05, 4.69) is 9.88 Å². The van der Waals surface area contributed by atoms with E-state index in [9.17, 15) is 4.79 Å². The Kier molecular flexibility index (Phi) is 4.69.